The average Bonchev–Trinajstić information content (AvgIpc) is 1.00. The first-order chi connectivity index (χ1) is 1.00. The van der Waals surface area contributed by atoms with Gasteiger partial charge < -0.3 is 12.8 Å². The molecule has 24 valence electrons. The summed E-state index contributed by atoms with van der Waals surface area (Å²) in [5.41, 5.74) is 0. The Bertz CT molecular complexity index is 11.5. The zero-order valence-corrected chi connectivity index (χ0v) is 7.21. The molecule has 0 heterocycles. The van der Waals surface area contributed by atoms with Gasteiger partial charge in [0.15, 0.2) is 0 Å². The normalized spacial score (nSPS) is 1.00. The van der Waals surface area contributed by atoms with E-state index >= 15 is 0 Å². The van der Waals surface area contributed by atoms with Crippen molar-refractivity contribution in [1.29, 1.82) is 0 Å². The smallest absolute Gasteiger partial charge is 1.00 e. The Kier molecular flexibility index (Phi) is 113. The molecule has 4 heavy (non-hydrogen) atoms. The third-order valence-corrected chi connectivity index (χ3v) is 0. The van der Waals surface area contributed by atoms with Crippen LogP contribution >= 0.6 is 0 Å². The van der Waals surface area contributed by atoms with Crippen LogP contribution in [0.1, 0.15) is 2.85 Å². The Morgan fingerprint density at radius 2 is 1.50 bits per heavy atom. The molecule has 2 N–H and O–H groups in total. The van der Waals surface area contributed by atoms with Crippen molar-refractivity contribution in [1.82, 2.24) is 0 Å². The maximum absolute atomic E-state index is 8.28. The summed E-state index contributed by atoms with van der Waals surface area (Å²) in [5, 5.41) is 0. The Morgan fingerprint density at radius 3 is 1.50 bits per heavy atom. The molecule has 0 unspecified atom stereocenters. The molecule has 0 bridgehead atoms. The van der Waals surface area contributed by atoms with Crippen LogP contribution in [0.3, 0.4) is 0 Å². The fraction of sp³-hybridized carbons (Fsp3) is 0. The van der Waals surface area contributed by atoms with Gasteiger partial charge in [0.05, 0.1) is 0 Å². The van der Waals surface area contributed by atoms with E-state index < -0.39 is 0 Å². The predicted molar refractivity (Wildman–Crippen MR) is 20.8 cm³/mol. The van der Waals surface area contributed by atoms with Gasteiger partial charge in [0, 0.05) is 0 Å². The van der Waals surface area contributed by atoms with Crippen LogP contribution in [-0.2, 0) is 4.46 Å². The molecule has 0 aromatic heterocycles. The van der Waals surface area contributed by atoms with E-state index in [9.17, 15) is 0 Å². The van der Waals surface area contributed by atoms with Crippen molar-refractivity contribution < 1.29 is 12.8 Å². The molecule has 0 atom stereocenters. The Balaban J connectivity index is -0.000000000833. The first-order valence-electron chi connectivity index (χ1n) is 0.289. The monoisotopic (exact) mass is 154 g/mol. The van der Waals surface area contributed by atoms with E-state index in [4.69, 9.17) is 4.46 Å². The summed E-state index contributed by atoms with van der Waals surface area (Å²) in [7, 11) is 0.611. The first-order valence-corrected chi connectivity index (χ1v) is 0.866. The molecular formula is H6O2SiSr. The van der Waals surface area contributed by atoms with Gasteiger partial charge in [-0.05, 0) is 0 Å². The van der Waals surface area contributed by atoms with Gasteiger partial charge in [-0.2, -0.15) is 0 Å². The fourth-order valence-corrected chi connectivity index (χ4v) is 0. The molecular weight excluding hydrogens is 148 g/mol. The molecule has 0 aromatic carbocycles. The number of hydrogen-bond acceptors (Lipinski definition) is 1. The van der Waals surface area contributed by atoms with Crippen LogP contribution in [0.5, 0.6) is 0 Å². The average molecular weight is 154 g/mol. The van der Waals surface area contributed by atoms with Crippen molar-refractivity contribution in [2.75, 3.05) is 0 Å². The van der Waals surface area contributed by atoms with Crippen molar-refractivity contribution in [2.24, 2.45) is 0 Å². The van der Waals surface area contributed by atoms with E-state index in [-0.39, 0.29) is 53.8 Å². The summed E-state index contributed by atoms with van der Waals surface area (Å²) in [6.07, 6.45) is 0. The van der Waals surface area contributed by atoms with E-state index in [1.54, 1.807) is 0 Å². The largest absolute Gasteiger partial charge is 2.00 e. The van der Waals surface area contributed by atoms with Crippen molar-refractivity contribution >= 4 is 55.6 Å². The van der Waals surface area contributed by atoms with Gasteiger partial charge in [-0.25, -0.2) is 0 Å². The topological polar surface area (TPSA) is 48.6 Å². The van der Waals surface area contributed by atoms with Gasteiger partial charge in [-0.3, -0.25) is 0 Å². The molecule has 4 heteroatoms. The van der Waals surface area contributed by atoms with Crippen molar-refractivity contribution in [3.63, 3.8) is 0 Å². The van der Waals surface area contributed by atoms with Crippen LogP contribution in [0, 0.1) is 0 Å². The Morgan fingerprint density at radius 1 is 1.50 bits per heavy atom. The van der Waals surface area contributed by atoms with Crippen LogP contribution < -0.4 is 0 Å². The molecule has 0 saturated heterocycles. The summed E-state index contributed by atoms with van der Waals surface area (Å²) in [5.74, 6) is 0. The molecule has 0 aliphatic carbocycles. The first kappa shape index (κ1) is 18.0. The zero-order chi connectivity index (χ0) is 2.00. The van der Waals surface area contributed by atoms with Crippen LogP contribution in [0.2, 0.25) is 0 Å². The van der Waals surface area contributed by atoms with E-state index in [1.807, 2.05) is 0 Å². The molecule has 0 amide bonds. The minimum absolute atomic E-state index is 0. The van der Waals surface area contributed by atoms with Crippen molar-refractivity contribution in [2.45, 2.75) is 0 Å². The third kappa shape index (κ3) is 9.83. The molecule has 0 radical (unpaired) electrons. The van der Waals surface area contributed by atoms with Gasteiger partial charge in [0.1, 0.15) is 0 Å². The van der Waals surface area contributed by atoms with E-state index in [2.05, 4.69) is 0 Å². The maximum Gasteiger partial charge on any atom is 2.00 e. The zero-order valence-electron chi connectivity index (χ0n) is 4.32. The molecule has 0 fully saturated rings. The van der Waals surface area contributed by atoms with Gasteiger partial charge in [0.2, 0.25) is 10.1 Å². The molecule has 0 saturated carbocycles. The molecule has 2 nitrogen and oxygen atoms in total. The predicted octanol–water partition coefficient (Wildman–Crippen LogP) is -2.02. The second-order valence-corrected chi connectivity index (χ2v) is 0. The van der Waals surface area contributed by atoms with Crippen LogP contribution in [0.4, 0.5) is 0 Å². The summed E-state index contributed by atoms with van der Waals surface area (Å²) in [6, 6.07) is 0. The van der Waals surface area contributed by atoms with Crippen LogP contribution in [0.25, 0.3) is 0 Å². The Hall–Kier alpha value is 1.46. The number of rotatable bonds is 0. The molecule has 0 rings (SSSR count). The maximum atomic E-state index is 8.28. The third-order valence-electron chi connectivity index (χ3n) is 0. The minimum atomic E-state index is 0. The molecule has 0 spiro atoms. The van der Waals surface area contributed by atoms with Crippen molar-refractivity contribution in [3.05, 3.63) is 0 Å². The van der Waals surface area contributed by atoms with Crippen LogP contribution in [-0.4, -0.2) is 61.1 Å². The van der Waals surface area contributed by atoms with E-state index in [0.717, 1.165) is 0 Å². The summed E-state index contributed by atoms with van der Waals surface area (Å²) in [6.45, 7) is 0. The Labute approximate surface area is 67.6 Å². The quantitative estimate of drug-likeness (QED) is 0.371. The summed E-state index contributed by atoms with van der Waals surface area (Å²) < 4.78 is 8.28. The SMILES string of the molecule is O.O=[SiH2].[H-].[H-].[Sr+2]. The van der Waals surface area contributed by atoms with E-state index in [0.29, 0.717) is 10.1 Å². The van der Waals surface area contributed by atoms with E-state index in [1.165, 1.54) is 0 Å². The van der Waals surface area contributed by atoms with Gasteiger partial charge in [0.25, 0.3) is 0 Å². The molecule has 0 aliphatic heterocycles. The molecule has 0 aliphatic rings. The second kappa shape index (κ2) is 25.1. The van der Waals surface area contributed by atoms with Gasteiger partial charge in [-0.1, -0.05) is 0 Å². The minimum Gasteiger partial charge on any atom is -1.00 e. The van der Waals surface area contributed by atoms with Gasteiger partial charge in [-0.15, -0.1) is 0 Å². The second-order valence-electron chi connectivity index (χ2n) is 0. The van der Waals surface area contributed by atoms with Gasteiger partial charge >= 0.3 is 45.5 Å². The standard InChI is InChI=1S/H2OSi.H2O.Sr.2H/c1-2;;;;/h2H2;1H2;;;/q;;+2;2*-1. The molecule has 0 aromatic rings. The summed E-state index contributed by atoms with van der Waals surface area (Å²) >= 11 is 0. The number of hydrogen-bond donors (Lipinski definition) is 0. The summed E-state index contributed by atoms with van der Waals surface area (Å²) in [4.78, 5) is 0. The van der Waals surface area contributed by atoms with Crippen LogP contribution in [0.15, 0.2) is 0 Å². The van der Waals surface area contributed by atoms with Crippen molar-refractivity contribution in [3.8, 4) is 0 Å². The fourth-order valence-electron chi connectivity index (χ4n) is 0.